The first-order chi connectivity index (χ1) is 10.1. The molecule has 2 aromatic rings. The van der Waals surface area contributed by atoms with Gasteiger partial charge in [0.05, 0.1) is 23.7 Å². The molecule has 2 aromatic carbocycles. The van der Waals surface area contributed by atoms with Crippen LogP contribution in [-0.2, 0) is 13.1 Å². The molecule has 1 heterocycles. The standard InChI is InChI=1S/C16H12ClN3O/c17-14-6-2-5-12(15(14)16(19)21)11-4-1-3-10-7-20(9-18)8-13(10)11/h1-6H,7-8H2,(H2,19,21). The number of nitrogens with two attached hydrogens (primary N) is 1. The second kappa shape index (κ2) is 5.12. The Hall–Kier alpha value is -2.51. The third kappa shape index (κ3) is 2.22. The fourth-order valence-corrected chi connectivity index (χ4v) is 3.01. The number of carbonyl (C=O) groups is 1. The van der Waals surface area contributed by atoms with E-state index in [0.717, 1.165) is 16.7 Å². The summed E-state index contributed by atoms with van der Waals surface area (Å²) in [5.41, 5.74) is 9.54. The molecule has 0 spiro atoms. The second-order valence-electron chi connectivity index (χ2n) is 4.93. The molecule has 1 aliphatic rings. The minimum absolute atomic E-state index is 0.322. The average molecular weight is 298 g/mol. The number of rotatable bonds is 2. The molecule has 1 aliphatic heterocycles. The van der Waals surface area contributed by atoms with Crippen molar-refractivity contribution in [3.05, 3.63) is 58.1 Å². The van der Waals surface area contributed by atoms with Crippen molar-refractivity contribution in [3.8, 4) is 17.3 Å². The average Bonchev–Trinajstić information content (AvgIpc) is 2.89. The lowest BCUT2D eigenvalue weighted by Gasteiger charge is -2.12. The topological polar surface area (TPSA) is 70.1 Å². The molecule has 0 fully saturated rings. The maximum Gasteiger partial charge on any atom is 0.250 e. The first-order valence-electron chi connectivity index (χ1n) is 6.46. The van der Waals surface area contributed by atoms with Gasteiger partial charge in [0, 0.05) is 0 Å². The fourth-order valence-electron chi connectivity index (χ4n) is 2.74. The smallest absolute Gasteiger partial charge is 0.250 e. The van der Waals surface area contributed by atoms with Gasteiger partial charge in [0.2, 0.25) is 0 Å². The number of hydrogen-bond acceptors (Lipinski definition) is 3. The summed E-state index contributed by atoms with van der Waals surface area (Å²) in [5.74, 6) is -0.552. The maximum absolute atomic E-state index is 11.7. The lowest BCUT2D eigenvalue weighted by Crippen LogP contribution is -2.13. The van der Waals surface area contributed by atoms with Crippen molar-refractivity contribution in [1.29, 1.82) is 5.26 Å². The van der Waals surface area contributed by atoms with E-state index in [1.54, 1.807) is 17.0 Å². The highest BCUT2D eigenvalue weighted by atomic mass is 35.5. The molecule has 3 rings (SSSR count). The molecule has 0 bridgehead atoms. The van der Waals surface area contributed by atoms with Crippen molar-refractivity contribution in [2.24, 2.45) is 5.73 Å². The number of carbonyl (C=O) groups excluding carboxylic acids is 1. The van der Waals surface area contributed by atoms with Crippen molar-refractivity contribution < 1.29 is 4.79 Å². The Labute approximate surface area is 127 Å². The fraction of sp³-hybridized carbons (Fsp3) is 0.125. The normalized spacial score (nSPS) is 12.9. The zero-order valence-electron chi connectivity index (χ0n) is 11.1. The maximum atomic E-state index is 11.7. The zero-order valence-corrected chi connectivity index (χ0v) is 11.9. The van der Waals surface area contributed by atoms with Crippen LogP contribution in [0.15, 0.2) is 36.4 Å². The van der Waals surface area contributed by atoms with Crippen LogP contribution in [0, 0.1) is 11.5 Å². The van der Waals surface area contributed by atoms with Crippen LogP contribution in [0.5, 0.6) is 0 Å². The molecular formula is C16H12ClN3O. The Balaban J connectivity index is 2.21. The van der Waals surface area contributed by atoms with Crippen LogP contribution >= 0.6 is 11.6 Å². The quantitative estimate of drug-likeness (QED) is 0.866. The molecule has 4 nitrogen and oxygen atoms in total. The highest BCUT2D eigenvalue weighted by Crippen LogP contribution is 2.36. The van der Waals surface area contributed by atoms with E-state index < -0.39 is 5.91 Å². The number of halogens is 1. The first kappa shape index (κ1) is 13.5. The van der Waals surface area contributed by atoms with Crippen molar-refractivity contribution in [2.75, 3.05) is 0 Å². The summed E-state index contributed by atoms with van der Waals surface area (Å²) >= 11 is 6.12. The van der Waals surface area contributed by atoms with Gasteiger partial charge in [-0.15, -0.1) is 0 Å². The predicted octanol–water partition coefficient (Wildman–Crippen LogP) is 2.90. The highest BCUT2D eigenvalue weighted by Gasteiger charge is 2.23. The van der Waals surface area contributed by atoms with Crippen LogP contribution < -0.4 is 5.73 Å². The minimum Gasteiger partial charge on any atom is -0.366 e. The molecule has 1 amide bonds. The summed E-state index contributed by atoms with van der Waals surface area (Å²) in [7, 11) is 0. The molecule has 0 unspecified atom stereocenters. The number of nitriles is 1. The molecule has 0 saturated carbocycles. The molecule has 104 valence electrons. The third-order valence-corrected chi connectivity index (χ3v) is 3.99. The van der Waals surface area contributed by atoms with Gasteiger partial charge < -0.3 is 10.6 Å². The van der Waals surface area contributed by atoms with E-state index in [0.29, 0.717) is 29.2 Å². The van der Waals surface area contributed by atoms with Crippen molar-refractivity contribution in [1.82, 2.24) is 4.90 Å². The molecular weight excluding hydrogens is 286 g/mol. The lowest BCUT2D eigenvalue weighted by atomic mass is 9.93. The van der Waals surface area contributed by atoms with E-state index >= 15 is 0 Å². The molecule has 0 radical (unpaired) electrons. The van der Waals surface area contributed by atoms with Gasteiger partial charge in [0.1, 0.15) is 0 Å². The first-order valence-corrected chi connectivity index (χ1v) is 6.83. The number of fused-ring (bicyclic) bond motifs is 1. The van der Waals surface area contributed by atoms with E-state index in [4.69, 9.17) is 22.6 Å². The Kier molecular flexibility index (Phi) is 3.28. The molecule has 2 N–H and O–H groups in total. The van der Waals surface area contributed by atoms with Gasteiger partial charge in [-0.25, -0.2) is 0 Å². The zero-order chi connectivity index (χ0) is 15.0. The Bertz CT molecular complexity index is 780. The monoisotopic (exact) mass is 297 g/mol. The molecule has 0 atom stereocenters. The number of benzene rings is 2. The summed E-state index contributed by atoms with van der Waals surface area (Å²) < 4.78 is 0. The molecule has 5 heteroatoms. The van der Waals surface area contributed by atoms with Crippen molar-refractivity contribution in [2.45, 2.75) is 13.1 Å². The highest BCUT2D eigenvalue weighted by molar-refractivity contribution is 6.34. The predicted molar refractivity (Wildman–Crippen MR) is 80.3 cm³/mol. The van der Waals surface area contributed by atoms with Crippen LogP contribution in [0.2, 0.25) is 5.02 Å². The Morgan fingerprint density at radius 3 is 2.62 bits per heavy atom. The summed E-state index contributed by atoms with van der Waals surface area (Å²) in [6.45, 7) is 1.12. The number of nitrogens with zero attached hydrogens (tertiary/aromatic N) is 2. The lowest BCUT2D eigenvalue weighted by molar-refractivity contribution is 0.100. The third-order valence-electron chi connectivity index (χ3n) is 3.67. The van der Waals surface area contributed by atoms with Gasteiger partial charge in [-0.3, -0.25) is 4.79 Å². The summed E-state index contributed by atoms with van der Waals surface area (Å²) in [4.78, 5) is 13.4. The van der Waals surface area contributed by atoms with E-state index in [1.807, 2.05) is 24.3 Å². The van der Waals surface area contributed by atoms with Crippen molar-refractivity contribution >= 4 is 17.5 Å². The van der Waals surface area contributed by atoms with Gasteiger partial charge >= 0.3 is 0 Å². The summed E-state index contributed by atoms with van der Waals surface area (Å²) in [6, 6.07) is 11.1. The van der Waals surface area contributed by atoms with E-state index in [9.17, 15) is 4.79 Å². The van der Waals surface area contributed by atoms with Crippen LogP contribution in [0.3, 0.4) is 0 Å². The SMILES string of the molecule is N#CN1Cc2cccc(-c3cccc(Cl)c3C(N)=O)c2C1. The van der Waals surface area contributed by atoms with Crippen LogP contribution in [0.25, 0.3) is 11.1 Å². The number of amides is 1. The number of primary amides is 1. The minimum atomic E-state index is -0.552. The van der Waals surface area contributed by atoms with Crippen LogP contribution in [-0.4, -0.2) is 10.8 Å². The molecule has 0 aliphatic carbocycles. The van der Waals surface area contributed by atoms with Gasteiger partial charge in [0.25, 0.3) is 5.91 Å². The molecule has 0 saturated heterocycles. The van der Waals surface area contributed by atoms with E-state index in [1.165, 1.54) is 0 Å². The molecule has 0 aromatic heterocycles. The van der Waals surface area contributed by atoms with E-state index in [-0.39, 0.29) is 0 Å². The Morgan fingerprint density at radius 1 is 1.19 bits per heavy atom. The van der Waals surface area contributed by atoms with Gasteiger partial charge in [-0.1, -0.05) is 41.9 Å². The van der Waals surface area contributed by atoms with Gasteiger partial charge in [0.15, 0.2) is 6.19 Å². The molecule has 21 heavy (non-hydrogen) atoms. The number of hydrogen-bond donors (Lipinski definition) is 1. The summed E-state index contributed by atoms with van der Waals surface area (Å²) in [6.07, 6.45) is 2.15. The second-order valence-corrected chi connectivity index (χ2v) is 5.33. The van der Waals surface area contributed by atoms with E-state index in [2.05, 4.69) is 6.19 Å². The summed E-state index contributed by atoms with van der Waals surface area (Å²) in [5, 5.41) is 9.41. The largest absolute Gasteiger partial charge is 0.366 e. The van der Waals surface area contributed by atoms with Crippen LogP contribution in [0.4, 0.5) is 0 Å². The van der Waals surface area contributed by atoms with Gasteiger partial charge in [-0.2, -0.15) is 5.26 Å². The van der Waals surface area contributed by atoms with Crippen LogP contribution in [0.1, 0.15) is 21.5 Å². The Morgan fingerprint density at radius 2 is 1.90 bits per heavy atom. The van der Waals surface area contributed by atoms with Gasteiger partial charge in [-0.05, 0) is 28.3 Å². The van der Waals surface area contributed by atoms with Crippen molar-refractivity contribution in [3.63, 3.8) is 0 Å².